The van der Waals surface area contributed by atoms with Gasteiger partial charge in [0.15, 0.2) is 0 Å². The molecule has 3 heteroatoms. The van der Waals surface area contributed by atoms with Crippen LogP contribution in [0.1, 0.15) is 19.4 Å². The van der Waals surface area contributed by atoms with Crippen LogP contribution in [-0.4, -0.2) is 23.9 Å². The van der Waals surface area contributed by atoms with Crippen LogP contribution < -0.4 is 0 Å². The molecule has 0 radical (unpaired) electrons. The van der Waals surface area contributed by atoms with E-state index in [1.54, 1.807) is 6.92 Å². The summed E-state index contributed by atoms with van der Waals surface area (Å²) >= 11 is 2.27. The molecule has 1 rings (SSSR count). The molecule has 0 spiro atoms. The van der Waals surface area contributed by atoms with Gasteiger partial charge in [-0.3, -0.25) is 0 Å². The maximum atomic E-state index is 10.0. The maximum Gasteiger partial charge on any atom is 0.0892 e. The van der Waals surface area contributed by atoms with E-state index in [1.807, 2.05) is 31.2 Å². The van der Waals surface area contributed by atoms with Crippen molar-refractivity contribution in [3.8, 4) is 0 Å². The fourth-order valence-electron chi connectivity index (χ4n) is 1.41. The van der Waals surface area contributed by atoms with Gasteiger partial charge in [0.25, 0.3) is 0 Å². The van der Waals surface area contributed by atoms with Crippen LogP contribution in [0.3, 0.4) is 0 Å². The average molecular weight is 320 g/mol. The Morgan fingerprint density at radius 1 is 1.33 bits per heavy atom. The second kappa shape index (κ2) is 5.82. The topological polar surface area (TPSA) is 29.5 Å². The predicted molar refractivity (Wildman–Crippen MR) is 70.0 cm³/mol. The van der Waals surface area contributed by atoms with E-state index >= 15 is 0 Å². The molecule has 0 aromatic heterocycles. The SMILES string of the molecule is CCOCC(C)(O)Cc1ccc(I)cc1. The first kappa shape index (κ1) is 12.9. The molecule has 84 valence electrons. The van der Waals surface area contributed by atoms with E-state index in [2.05, 4.69) is 22.6 Å². The second-order valence-electron chi connectivity index (χ2n) is 3.94. The Bertz CT molecular complexity index is 293. The average Bonchev–Trinajstić information content (AvgIpc) is 2.18. The molecule has 0 heterocycles. The van der Waals surface area contributed by atoms with E-state index < -0.39 is 5.60 Å². The predicted octanol–water partition coefficient (Wildman–Crippen LogP) is 2.62. The Hall–Kier alpha value is -0.130. The highest BCUT2D eigenvalue weighted by molar-refractivity contribution is 14.1. The number of hydrogen-bond donors (Lipinski definition) is 1. The van der Waals surface area contributed by atoms with Gasteiger partial charge in [0, 0.05) is 16.6 Å². The molecule has 1 atom stereocenters. The number of aliphatic hydroxyl groups is 1. The van der Waals surface area contributed by atoms with Gasteiger partial charge in [0.1, 0.15) is 0 Å². The number of hydrogen-bond acceptors (Lipinski definition) is 2. The fourth-order valence-corrected chi connectivity index (χ4v) is 1.77. The van der Waals surface area contributed by atoms with Gasteiger partial charge in [-0.25, -0.2) is 0 Å². The summed E-state index contributed by atoms with van der Waals surface area (Å²) in [5.41, 5.74) is 0.364. The Kier molecular flexibility index (Phi) is 5.02. The summed E-state index contributed by atoms with van der Waals surface area (Å²) in [6, 6.07) is 8.18. The van der Waals surface area contributed by atoms with E-state index in [4.69, 9.17) is 4.74 Å². The van der Waals surface area contributed by atoms with Crippen molar-refractivity contribution in [1.82, 2.24) is 0 Å². The molecule has 0 amide bonds. The van der Waals surface area contributed by atoms with Gasteiger partial charge in [-0.1, -0.05) is 12.1 Å². The van der Waals surface area contributed by atoms with Gasteiger partial charge in [-0.05, 0) is 54.1 Å². The molecule has 1 aromatic carbocycles. The third kappa shape index (κ3) is 4.95. The standard InChI is InChI=1S/C12H17IO2/c1-3-15-9-12(2,14)8-10-4-6-11(13)7-5-10/h4-7,14H,3,8-9H2,1-2H3. The molecule has 0 fully saturated rings. The molecule has 1 N–H and O–H groups in total. The van der Waals surface area contributed by atoms with Crippen molar-refractivity contribution < 1.29 is 9.84 Å². The van der Waals surface area contributed by atoms with Crippen LogP contribution in [-0.2, 0) is 11.2 Å². The quantitative estimate of drug-likeness (QED) is 0.845. The van der Waals surface area contributed by atoms with Crippen LogP contribution >= 0.6 is 22.6 Å². The Balaban J connectivity index is 2.56. The molecule has 0 aliphatic rings. The highest BCUT2D eigenvalue weighted by Crippen LogP contribution is 2.15. The summed E-state index contributed by atoms with van der Waals surface area (Å²) in [5, 5.41) is 10.0. The van der Waals surface area contributed by atoms with Crippen LogP contribution in [0.2, 0.25) is 0 Å². The number of halogens is 1. The van der Waals surface area contributed by atoms with E-state index in [1.165, 1.54) is 3.57 Å². The van der Waals surface area contributed by atoms with Gasteiger partial charge >= 0.3 is 0 Å². The van der Waals surface area contributed by atoms with E-state index in [0.717, 1.165) is 5.56 Å². The first-order valence-electron chi connectivity index (χ1n) is 5.08. The zero-order valence-electron chi connectivity index (χ0n) is 9.16. The summed E-state index contributed by atoms with van der Waals surface area (Å²) in [6.45, 7) is 4.76. The molecule has 1 aromatic rings. The zero-order chi connectivity index (χ0) is 11.3. The van der Waals surface area contributed by atoms with Crippen molar-refractivity contribution in [2.45, 2.75) is 25.9 Å². The lowest BCUT2D eigenvalue weighted by Crippen LogP contribution is -2.33. The highest BCUT2D eigenvalue weighted by atomic mass is 127. The van der Waals surface area contributed by atoms with Crippen LogP contribution in [0.4, 0.5) is 0 Å². The van der Waals surface area contributed by atoms with Gasteiger partial charge in [0.2, 0.25) is 0 Å². The van der Waals surface area contributed by atoms with Crippen LogP contribution in [0.15, 0.2) is 24.3 Å². The van der Waals surface area contributed by atoms with Gasteiger partial charge in [-0.15, -0.1) is 0 Å². The van der Waals surface area contributed by atoms with Crippen molar-refractivity contribution in [3.63, 3.8) is 0 Å². The lowest BCUT2D eigenvalue weighted by molar-refractivity contribution is -0.0296. The molecule has 0 saturated carbocycles. The first-order chi connectivity index (χ1) is 7.03. The minimum atomic E-state index is -0.775. The normalized spacial score (nSPS) is 14.9. The number of ether oxygens (including phenoxy) is 1. The molecule has 1 unspecified atom stereocenters. The van der Waals surface area contributed by atoms with Gasteiger partial charge in [0.05, 0.1) is 12.2 Å². The van der Waals surface area contributed by atoms with Gasteiger partial charge < -0.3 is 9.84 Å². The number of benzene rings is 1. The third-order valence-electron chi connectivity index (χ3n) is 2.12. The van der Waals surface area contributed by atoms with Crippen molar-refractivity contribution >= 4 is 22.6 Å². The number of rotatable bonds is 5. The van der Waals surface area contributed by atoms with E-state index in [0.29, 0.717) is 19.6 Å². The molecule has 15 heavy (non-hydrogen) atoms. The monoisotopic (exact) mass is 320 g/mol. The second-order valence-corrected chi connectivity index (χ2v) is 5.18. The fraction of sp³-hybridized carbons (Fsp3) is 0.500. The molecule has 2 nitrogen and oxygen atoms in total. The largest absolute Gasteiger partial charge is 0.387 e. The summed E-state index contributed by atoms with van der Waals surface area (Å²) in [4.78, 5) is 0. The van der Waals surface area contributed by atoms with Gasteiger partial charge in [-0.2, -0.15) is 0 Å². The summed E-state index contributed by atoms with van der Waals surface area (Å²) < 4.78 is 6.45. The minimum Gasteiger partial charge on any atom is -0.387 e. The van der Waals surface area contributed by atoms with Crippen LogP contribution in [0.25, 0.3) is 0 Å². The highest BCUT2D eigenvalue weighted by Gasteiger charge is 2.20. The molecule has 0 saturated heterocycles. The molecular weight excluding hydrogens is 303 g/mol. The first-order valence-corrected chi connectivity index (χ1v) is 6.16. The van der Waals surface area contributed by atoms with Crippen molar-refractivity contribution in [1.29, 1.82) is 0 Å². The van der Waals surface area contributed by atoms with Crippen molar-refractivity contribution in [3.05, 3.63) is 33.4 Å². The minimum absolute atomic E-state index is 0.384. The Labute approximate surface area is 105 Å². The smallest absolute Gasteiger partial charge is 0.0892 e. The van der Waals surface area contributed by atoms with Crippen molar-refractivity contribution in [2.24, 2.45) is 0 Å². The summed E-state index contributed by atoms with van der Waals surface area (Å²) in [6.07, 6.45) is 0.629. The molecule has 0 aliphatic heterocycles. The lowest BCUT2D eigenvalue weighted by Gasteiger charge is -2.22. The molecule has 0 bridgehead atoms. The molecule has 0 aliphatic carbocycles. The summed E-state index contributed by atoms with van der Waals surface area (Å²) in [7, 11) is 0. The van der Waals surface area contributed by atoms with Crippen molar-refractivity contribution in [2.75, 3.05) is 13.2 Å². The van der Waals surface area contributed by atoms with E-state index in [-0.39, 0.29) is 0 Å². The Morgan fingerprint density at radius 2 is 1.93 bits per heavy atom. The lowest BCUT2D eigenvalue weighted by atomic mass is 9.97. The zero-order valence-corrected chi connectivity index (χ0v) is 11.3. The third-order valence-corrected chi connectivity index (χ3v) is 2.83. The van der Waals surface area contributed by atoms with Crippen LogP contribution in [0.5, 0.6) is 0 Å². The Morgan fingerprint density at radius 3 is 2.47 bits per heavy atom. The molecular formula is C12H17IO2. The van der Waals surface area contributed by atoms with Crippen LogP contribution in [0, 0.1) is 3.57 Å². The van der Waals surface area contributed by atoms with E-state index in [9.17, 15) is 5.11 Å². The maximum absolute atomic E-state index is 10.0. The summed E-state index contributed by atoms with van der Waals surface area (Å²) in [5.74, 6) is 0.